The second-order valence-electron chi connectivity index (χ2n) is 11.0. The van der Waals surface area contributed by atoms with Crippen molar-refractivity contribution in [2.45, 2.75) is 70.0 Å². The topological polar surface area (TPSA) is 89.2 Å². The van der Waals surface area contributed by atoms with Crippen LogP contribution in [0.1, 0.15) is 67.1 Å². The number of aromatic nitrogens is 1. The molecular formula is C30H38N4O2. The highest BCUT2D eigenvalue weighted by Gasteiger charge is 2.45. The second kappa shape index (κ2) is 9.74. The number of carbonyl (C=O) groups is 2. The lowest BCUT2D eigenvalue weighted by Gasteiger charge is -2.33. The standard InChI is InChI=1S/C30H38N4O2/c1-19-10-4-7-13-24(19)30(31)18-22(16-20(30)2)32-28(35)23-12-6-8-14-25(23)33-29(36)27-17-21-11-5-9-15-26(21)34(27)3/h4-5,7,9-11,13,15,17,20,22-23,25H,6,8,12,14,16,18,31H2,1-3H3,(H,32,35)(H,33,36)/t20?,22-,23+,25-,30?/m0/s1. The summed E-state index contributed by atoms with van der Waals surface area (Å²) >= 11 is 0. The molecule has 0 spiro atoms. The highest BCUT2D eigenvalue weighted by molar-refractivity contribution is 5.99. The van der Waals surface area contributed by atoms with E-state index >= 15 is 0 Å². The number of para-hydroxylation sites is 1. The van der Waals surface area contributed by atoms with Gasteiger partial charge < -0.3 is 20.9 Å². The Hall–Kier alpha value is -3.12. The zero-order chi connectivity index (χ0) is 25.4. The van der Waals surface area contributed by atoms with Crippen molar-refractivity contribution in [2.75, 3.05) is 0 Å². The molecule has 5 atom stereocenters. The van der Waals surface area contributed by atoms with Gasteiger partial charge in [-0.3, -0.25) is 9.59 Å². The van der Waals surface area contributed by atoms with E-state index in [9.17, 15) is 9.59 Å². The van der Waals surface area contributed by atoms with Gasteiger partial charge >= 0.3 is 0 Å². The maximum Gasteiger partial charge on any atom is 0.268 e. The van der Waals surface area contributed by atoms with Crippen LogP contribution in [0.15, 0.2) is 54.6 Å². The quantitative estimate of drug-likeness (QED) is 0.495. The molecule has 2 amide bonds. The normalized spacial score (nSPS) is 28.2. The number of carbonyl (C=O) groups excluding carboxylic acids is 2. The number of hydrogen-bond acceptors (Lipinski definition) is 3. The first-order valence-electron chi connectivity index (χ1n) is 13.3. The van der Waals surface area contributed by atoms with Gasteiger partial charge in [0.1, 0.15) is 5.69 Å². The van der Waals surface area contributed by atoms with Gasteiger partial charge in [-0.15, -0.1) is 0 Å². The van der Waals surface area contributed by atoms with Crippen molar-refractivity contribution in [3.05, 3.63) is 71.4 Å². The number of aryl methyl sites for hydroxylation is 2. The Morgan fingerprint density at radius 2 is 1.75 bits per heavy atom. The summed E-state index contributed by atoms with van der Waals surface area (Å²) in [5, 5.41) is 7.57. The molecule has 36 heavy (non-hydrogen) atoms. The van der Waals surface area contributed by atoms with Crippen LogP contribution in [0.25, 0.3) is 10.9 Å². The first-order chi connectivity index (χ1) is 17.3. The average molecular weight is 487 g/mol. The molecular weight excluding hydrogens is 448 g/mol. The van der Waals surface area contributed by atoms with Crippen LogP contribution in [0.5, 0.6) is 0 Å². The van der Waals surface area contributed by atoms with Crippen molar-refractivity contribution in [2.24, 2.45) is 24.6 Å². The van der Waals surface area contributed by atoms with Crippen LogP contribution < -0.4 is 16.4 Å². The summed E-state index contributed by atoms with van der Waals surface area (Å²) in [6.45, 7) is 4.29. The van der Waals surface area contributed by atoms with Gasteiger partial charge in [0.05, 0.1) is 5.92 Å². The summed E-state index contributed by atoms with van der Waals surface area (Å²) in [6.07, 6.45) is 5.21. The van der Waals surface area contributed by atoms with Crippen LogP contribution in [0.2, 0.25) is 0 Å². The first kappa shape index (κ1) is 24.6. The Kier molecular flexibility index (Phi) is 6.64. The molecule has 0 saturated heterocycles. The van der Waals surface area contributed by atoms with E-state index in [0.717, 1.165) is 49.4 Å². The van der Waals surface area contributed by atoms with Gasteiger partial charge in [0, 0.05) is 35.6 Å². The van der Waals surface area contributed by atoms with Gasteiger partial charge in [0.25, 0.3) is 5.91 Å². The maximum absolute atomic E-state index is 13.5. The van der Waals surface area contributed by atoms with Crippen LogP contribution in [-0.4, -0.2) is 28.5 Å². The lowest BCUT2D eigenvalue weighted by atomic mass is 9.80. The third-order valence-corrected chi connectivity index (χ3v) is 8.70. The van der Waals surface area contributed by atoms with Crippen molar-refractivity contribution >= 4 is 22.7 Å². The Balaban J connectivity index is 1.27. The second-order valence-corrected chi connectivity index (χ2v) is 11.0. The highest BCUT2D eigenvalue weighted by Crippen LogP contribution is 2.42. The van der Waals surface area contributed by atoms with Gasteiger partial charge in [-0.25, -0.2) is 0 Å². The number of rotatable bonds is 5. The van der Waals surface area contributed by atoms with E-state index < -0.39 is 5.54 Å². The van der Waals surface area contributed by atoms with Crippen molar-refractivity contribution in [3.63, 3.8) is 0 Å². The zero-order valence-corrected chi connectivity index (χ0v) is 21.6. The fourth-order valence-electron chi connectivity index (χ4n) is 6.58. The molecule has 1 aromatic heterocycles. The van der Waals surface area contributed by atoms with Crippen LogP contribution in [0.4, 0.5) is 0 Å². The molecule has 4 N–H and O–H groups in total. The van der Waals surface area contributed by atoms with E-state index in [2.05, 4.69) is 36.6 Å². The van der Waals surface area contributed by atoms with Crippen LogP contribution in [0, 0.1) is 18.8 Å². The Bertz CT molecular complexity index is 1280. The summed E-state index contributed by atoms with van der Waals surface area (Å²) in [4.78, 5) is 26.8. The summed E-state index contributed by atoms with van der Waals surface area (Å²) in [7, 11) is 1.91. The maximum atomic E-state index is 13.5. The molecule has 2 saturated carbocycles. The molecule has 2 unspecified atom stereocenters. The molecule has 3 aromatic rings. The van der Waals surface area contributed by atoms with E-state index in [1.807, 2.05) is 54.1 Å². The molecule has 2 aromatic carbocycles. The molecule has 6 nitrogen and oxygen atoms in total. The first-order valence-corrected chi connectivity index (χ1v) is 13.3. The Morgan fingerprint density at radius 3 is 2.53 bits per heavy atom. The number of hydrogen-bond donors (Lipinski definition) is 3. The predicted octanol–water partition coefficient (Wildman–Crippen LogP) is 4.54. The van der Waals surface area contributed by atoms with Gasteiger partial charge in [-0.2, -0.15) is 0 Å². The smallest absolute Gasteiger partial charge is 0.268 e. The molecule has 190 valence electrons. The van der Waals surface area contributed by atoms with Gasteiger partial charge in [-0.1, -0.05) is 62.2 Å². The van der Waals surface area contributed by atoms with Crippen LogP contribution >= 0.6 is 0 Å². The lowest BCUT2D eigenvalue weighted by Crippen LogP contribution is -2.50. The zero-order valence-electron chi connectivity index (χ0n) is 21.6. The molecule has 0 radical (unpaired) electrons. The number of nitrogens with zero attached hydrogens (tertiary/aromatic N) is 1. The van der Waals surface area contributed by atoms with Crippen molar-refractivity contribution in [1.29, 1.82) is 0 Å². The fourth-order valence-corrected chi connectivity index (χ4v) is 6.58. The summed E-state index contributed by atoms with van der Waals surface area (Å²) < 4.78 is 1.93. The average Bonchev–Trinajstić information content (AvgIpc) is 3.35. The van der Waals surface area contributed by atoms with Crippen LogP contribution in [-0.2, 0) is 17.4 Å². The number of amides is 2. The van der Waals surface area contributed by atoms with E-state index in [0.29, 0.717) is 5.69 Å². The summed E-state index contributed by atoms with van der Waals surface area (Å²) in [5.74, 6) is -0.0344. The fraction of sp³-hybridized carbons (Fsp3) is 0.467. The third kappa shape index (κ3) is 4.43. The summed E-state index contributed by atoms with van der Waals surface area (Å²) in [5.41, 5.74) is 10.5. The number of fused-ring (bicyclic) bond motifs is 1. The SMILES string of the molecule is Cc1ccccc1C1(N)C[C@@H](NC(=O)[C@@H]2CCCC[C@@H]2NC(=O)c2cc3ccccc3n2C)CC1C. The van der Waals surface area contributed by atoms with Gasteiger partial charge in [0.2, 0.25) is 5.91 Å². The highest BCUT2D eigenvalue weighted by atomic mass is 16.2. The minimum Gasteiger partial charge on any atom is -0.353 e. The van der Waals surface area contributed by atoms with E-state index in [1.165, 1.54) is 11.1 Å². The monoisotopic (exact) mass is 486 g/mol. The van der Waals surface area contributed by atoms with Crippen molar-refractivity contribution < 1.29 is 9.59 Å². The van der Waals surface area contributed by atoms with Crippen molar-refractivity contribution in [3.8, 4) is 0 Å². The molecule has 2 aliphatic carbocycles. The molecule has 0 bridgehead atoms. The van der Waals surface area contributed by atoms with Crippen molar-refractivity contribution in [1.82, 2.24) is 15.2 Å². The largest absolute Gasteiger partial charge is 0.353 e. The molecule has 5 rings (SSSR count). The molecule has 2 aliphatic rings. The minimum absolute atomic E-state index is 0.0357. The Morgan fingerprint density at radius 1 is 1.03 bits per heavy atom. The molecule has 1 heterocycles. The number of benzene rings is 2. The Labute approximate surface area is 213 Å². The van der Waals surface area contributed by atoms with Gasteiger partial charge in [-0.05, 0) is 61.8 Å². The van der Waals surface area contributed by atoms with Crippen LogP contribution in [0.3, 0.4) is 0 Å². The third-order valence-electron chi connectivity index (χ3n) is 8.70. The minimum atomic E-state index is -0.446. The molecule has 0 aliphatic heterocycles. The number of nitrogens with one attached hydrogen (secondary N) is 2. The van der Waals surface area contributed by atoms with E-state index in [1.54, 1.807) is 0 Å². The van der Waals surface area contributed by atoms with E-state index in [-0.39, 0.29) is 35.7 Å². The molecule has 6 heteroatoms. The number of nitrogens with two attached hydrogens (primary N) is 1. The molecule has 2 fully saturated rings. The predicted molar refractivity (Wildman–Crippen MR) is 144 cm³/mol. The summed E-state index contributed by atoms with van der Waals surface area (Å²) in [6, 6.07) is 18.1. The van der Waals surface area contributed by atoms with Gasteiger partial charge in [0.15, 0.2) is 0 Å². The lowest BCUT2D eigenvalue weighted by molar-refractivity contribution is -0.127. The van der Waals surface area contributed by atoms with E-state index in [4.69, 9.17) is 5.73 Å².